The molecule has 1 aromatic heterocycles. The number of methoxy groups -OCH3 is 1. The minimum absolute atomic E-state index is 0.163. The lowest BCUT2D eigenvalue weighted by atomic mass is 10.1. The molecule has 0 spiro atoms. The van der Waals surface area contributed by atoms with Crippen LogP contribution in [-0.2, 0) is 10.0 Å². The van der Waals surface area contributed by atoms with Gasteiger partial charge in [-0.1, -0.05) is 12.1 Å². The Hall–Kier alpha value is -2.23. The number of rotatable bonds is 6. The molecule has 2 aromatic carbocycles. The molecule has 0 saturated carbocycles. The van der Waals surface area contributed by atoms with Crippen molar-refractivity contribution in [1.82, 2.24) is 19.5 Å². The van der Waals surface area contributed by atoms with Gasteiger partial charge >= 0.3 is 0 Å². The molecule has 0 aliphatic rings. The van der Waals surface area contributed by atoms with E-state index in [1.165, 1.54) is 25.6 Å². The van der Waals surface area contributed by atoms with Gasteiger partial charge in [-0.25, -0.2) is 22.8 Å². The van der Waals surface area contributed by atoms with E-state index in [1.807, 2.05) is 24.3 Å². The lowest BCUT2D eigenvalue weighted by molar-refractivity contribution is 0.411. The highest BCUT2D eigenvalue weighted by Crippen LogP contribution is 2.28. The maximum atomic E-state index is 12.6. The summed E-state index contributed by atoms with van der Waals surface area (Å²) in [4.78, 5) is 4.07. The first kappa shape index (κ1) is 18.6. The van der Waals surface area contributed by atoms with Gasteiger partial charge in [0.2, 0.25) is 10.0 Å². The van der Waals surface area contributed by atoms with Gasteiger partial charge in [-0.2, -0.15) is 5.10 Å². The molecule has 1 N–H and O–H groups in total. The normalized spacial score (nSPS) is 12.7. The Balaban J connectivity index is 1.78. The molecule has 0 fully saturated rings. The van der Waals surface area contributed by atoms with Gasteiger partial charge < -0.3 is 4.74 Å². The third-order valence-corrected chi connectivity index (χ3v) is 6.00. The van der Waals surface area contributed by atoms with E-state index in [-0.39, 0.29) is 4.90 Å². The van der Waals surface area contributed by atoms with Crippen LogP contribution in [0.4, 0.5) is 0 Å². The molecular formula is C17H17BrN4O3S. The molecule has 9 heteroatoms. The molecule has 26 heavy (non-hydrogen) atoms. The number of hydrogen-bond donors (Lipinski definition) is 1. The van der Waals surface area contributed by atoms with Crippen LogP contribution in [0, 0.1) is 0 Å². The highest BCUT2D eigenvalue weighted by atomic mass is 79.9. The molecule has 0 radical (unpaired) electrons. The second-order valence-electron chi connectivity index (χ2n) is 5.57. The molecule has 3 rings (SSSR count). The van der Waals surface area contributed by atoms with Crippen LogP contribution in [0.1, 0.15) is 18.5 Å². The first-order valence-electron chi connectivity index (χ1n) is 7.71. The molecule has 0 bridgehead atoms. The molecule has 0 aliphatic heterocycles. The van der Waals surface area contributed by atoms with E-state index in [0.29, 0.717) is 10.2 Å². The fourth-order valence-electron chi connectivity index (χ4n) is 2.44. The fourth-order valence-corrected chi connectivity index (χ4v) is 4.39. The van der Waals surface area contributed by atoms with Crippen LogP contribution in [0.25, 0.3) is 5.69 Å². The number of benzene rings is 2. The largest absolute Gasteiger partial charge is 0.496 e. The van der Waals surface area contributed by atoms with Crippen LogP contribution in [0.15, 0.2) is 64.5 Å². The number of sulfonamides is 1. The van der Waals surface area contributed by atoms with Crippen molar-refractivity contribution < 1.29 is 13.2 Å². The van der Waals surface area contributed by atoms with E-state index in [1.54, 1.807) is 24.0 Å². The van der Waals surface area contributed by atoms with E-state index in [4.69, 9.17) is 4.74 Å². The molecule has 3 aromatic rings. The maximum absolute atomic E-state index is 12.6. The first-order valence-corrected chi connectivity index (χ1v) is 9.99. The second kappa shape index (κ2) is 7.56. The van der Waals surface area contributed by atoms with Crippen LogP contribution in [0.3, 0.4) is 0 Å². The summed E-state index contributed by atoms with van der Waals surface area (Å²) < 4.78 is 35.3. The molecule has 0 amide bonds. The summed E-state index contributed by atoms with van der Waals surface area (Å²) in [6.07, 6.45) is 3.06. The van der Waals surface area contributed by atoms with Gasteiger partial charge in [-0.05, 0) is 58.7 Å². The third-order valence-electron chi connectivity index (χ3n) is 3.84. The fraction of sp³-hybridized carbons (Fsp3) is 0.176. The van der Waals surface area contributed by atoms with Crippen molar-refractivity contribution in [1.29, 1.82) is 0 Å². The summed E-state index contributed by atoms with van der Waals surface area (Å²) in [6.45, 7) is 1.79. The van der Waals surface area contributed by atoms with Crippen molar-refractivity contribution in [3.8, 4) is 11.4 Å². The first-order chi connectivity index (χ1) is 12.4. The Bertz CT molecular complexity index is 989. The molecule has 0 saturated heterocycles. The van der Waals surface area contributed by atoms with Gasteiger partial charge in [0.05, 0.1) is 22.2 Å². The number of nitrogens with one attached hydrogen (secondary N) is 1. The lowest BCUT2D eigenvalue weighted by Crippen LogP contribution is -2.26. The SMILES string of the molecule is COc1ccc(S(=O)(=O)N[C@H](C)c2ccc(-n3cncn3)cc2)cc1Br. The van der Waals surface area contributed by atoms with Gasteiger partial charge in [0.15, 0.2) is 0 Å². The summed E-state index contributed by atoms with van der Waals surface area (Å²) in [7, 11) is -2.15. The Kier molecular flexibility index (Phi) is 5.40. The van der Waals surface area contributed by atoms with Gasteiger partial charge in [-0.3, -0.25) is 0 Å². The average molecular weight is 437 g/mol. The standard InChI is InChI=1S/C17H17BrN4O3S/c1-12(13-3-5-14(6-4-13)22-11-19-10-20-22)21-26(23,24)15-7-8-17(25-2)16(18)9-15/h3-12,21H,1-2H3/t12-/m1/s1. The zero-order chi connectivity index (χ0) is 18.7. The van der Waals surface area contributed by atoms with Crippen molar-refractivity contribution in [2.24, 2.45) is 0 Å². The Labute approximate surface area is 160 Å². The molecule has 136 valence electrons. The predicted octanol–water partition coefficient (Wildman–Crippen LogP) is 3.08. The minimum Gasteiger partial charge on any atom is -0.496 e. The number of ether oxygens (including phenoxy) is 1. The molecule has 7 nitrogen and oxygen atoms in total. The van der Waals surface area contributed by atoms with E-state index >= 15 is 0 Å². The second-order valence-corrected chi connectivity index (χ2v) is 8.14. The summed E-state index contributed by atoms with van der Waals surface area (Å²) >= 11 is 3.31. The number of aromatic nitrogens is 3. The van der Waals surface area contributed by atoms with Gasteiger partial charge in [0.1, 0.15) is 18.4 Å². The van der Waals surface area contributed by atoms with Crippen molar-refractivity contribution in [2.75, 3.05) is 7.11 Å². The zero-order valence-corrected chi connectivity index (χ0v) is 16.5. The highest BCUT2D eigenvalue weighted by Gasteiger charge is 2.19. The molecular weight excluding hydrogens is 420 g/mol. The van der Waals surface area contributed by atoms with Crippen LogP contribution >= 0.6 is 15.9 Å². The molecule has 1 heterocycles. The molecule has 0 unspecified atom stereocenters. The number of hydrogen-bond acceptors (Lipinski definition) is 5. The average Bonchev–Trinajstić information content (AvgIpc) is 3.16. The summed E-state index contributed by atoms with van der Waals surface area (Å²) in [5, 5.41) is 4.06. The van der Waals surface area contributed by atoms with Crippen LogP contribution < -0.4 is 9.46 Å². The number of halogens is 1. The van der Waals surface area contributed by atoms with Gasteiger partial charge in [0.25, 0.3) is 0 Å². The monoisotopic (exact) mass is 436 g/mol. The van der Waals surface area contributed by atoms with Gasteiger partial charge in [-0.15, -0.1) is 0 Å². The van der Waals surface area contributed by atoms with Crippen molar-refractivity contribution in [3.05, 3.63) is 65.2 Å². The molecule has 1 atom stereocenters. The smallest absolute Gasteiger partial charge is 0.241 e. The Morgan fingerprint density at radius 2 is 1.92 bits per heavy atom. The minimum atomic E-state index is -3.67. The lowest BCUT2D eigenvalue weighted by Gasteiger charge is -2.16. The summed E-state index contributed by atoms with van der Waals surface area (Å²) in [5.74, 6) is 0.570. The third kappa shape index (κ3) is 3.95. The topological polar surface area (TPSA) is 86.1 Å². The van der Waals surface area contributed by atoms with E-state index < -0.39 is 16.1 Å². The van der Waals surface area contributed by atoms with E-state index in [0.717, 1.165) is 11.3 Å². The number of nitrogens with zero attached hydrogens (tertiary/aromatic N) is 3. The van der Waals surface area contributed by atoms with Crippen LogP contribution in [0.2, 0.25) is 0 Å². The Morgan fingerprint density at radius 1 is 1.19 bits per heavy atom. The highest BCUT2D eigenvalue weighted by molar-refractivity contribution is 9.10. The maximum Gasteiger partial charge on any atom is 0.241 e. The van der Waals surface area contributed by atoms with Crippen LogP contribution in [0.5, 0.6) is 5.75 Å². The van der Waals surface area contributed by atoms with Gasteiger partial charge in [0, 0.05) is 6.04 Å². The summed E-state index contributed by atoms with van der Waals surface area (Å²) in [5.41, 5.74) is 1.69. The van der Waals surface area contributed by atoms with Crippen molar-refractivity contribution >= 4 is 26.0 Å². The van der Waals surface area contributed by atoms with Crippen molar-refractivity contribution in [2.45, 2.75) is 17.9 Å². The molecule has 0 aliphatic carbocycles. The summed E-state index contributed by atoms with van der Waals surface area (Å²) in [6, 6.07) is 11.7. The predicted molar refractivity (Wildman–Crippen MR) is 101 cm³/mol. The van der Waals surface area contributed by atoms with E-state index in [2.05, 4.69) is 30.7 Å². The Morgan fingerprint density at radius 3 is 2.50 bits per heavy atom. The van der Waals surface area contributed by atoms with Crippen LogP contribution in [-0.4, -0.2) is 30.3 Å². The quantitative estimate of drug-likeness (QED) is 0.641. The van der Waals surface area contributed by atoms with E-state index in [9.17, 15) is 8.42 Å². The zero-order valence-electron chi connectivity index (χ0n) is 14.1. The van der Waals surface area contributed by atoms with Crippen molar-refractivity contribution in [3.63, 3.8) is 0 Å².